The molecule has 0 bridgehead atoms. The maximum atomic E-state index is 5.83. The van der Waals surface area contributed by atoms with E-state index in [9.17, 15) is 0 Å². The molecule has 5 nitrogen and oxygen atoms in total. The molecule has 3 N–H and O–H groups in total. The fourth-order valence-corrected chi connectivity index (χ4v) is 3.01. The first-order valence-corrected chi connectivity index (χ1v) is 7.61. The molecule has 0 aliphatic rings. The van der Waals surface area contributed by atoms with E-state index in [0.29, 0.717) is 13.2 Å². The lowest BCUT2D eigenvalue weighted by molar-refractivity contribution is 0.182. The zero-order chi connectivity index (χ0) is 15.4. The number of methoxy groups -OCH3 is 1. The SMILES string of the molecule is COCCn1ncc(Br)c1C(NN)c1ccc(C)cc1C. The van der Waals surface area contributed by atoms with Crippen molar-refractivity contribution in [3.8, 4) is 0 Å². The molecule has 114 valence electrons. The molecular weight excluding hydrogens is 332 g/mol. The summed E-state index contributed by atoms with van der Waals surface area (Å²) in [6.07, 6.45) is 1.79. The van der Waals surface area contributed by atoms with E-state index in [2.05, 4.69) is 58.5 Å². The van der Waals surface area contributed by atoms with Crippen molar-refractivity contribution in [2.75, 3.05) is 13.7 Å². The van der Waals surface area contributed by atoms with E-state index in [-0.39, 0.29) is 6.04 Å². The minimum atomic E-state index is -0.126. The largest absolute Gasteiger partial charge is 0.383 e. The van der Waals surface area contributed by atoms with Crippen LogP contribution in [0.2, 0.25) is 0 Å². The summed E-state index contributed by atoms with van der Waals surface area (Å²) in [6, 6.07) is 6.23. The van der Waals surface area contributed by atoms with Gasteiger partial charge in [-0.1, -0.05) is 23.8 Å². The molecule has 0 amide bonds. The Balaban J connectivity index is 2.43. The molecule has 2 aromatic rings. The number of benzene rings is 1. The van der Waals surface area contributed by atoms with E-state index < -0.39 is 0 Å². The van der Waals surface area contributed by atoms with Gasteiger partial charge in [-0.05, 0) is 40.9 Å². The van der Waals surface area contributed by atoms with Crippen molar-refractivity contribution in [3.05, 3.63) is 51.3 Å². The van der Waals surface area contributed by atoms with Crippen LogP contribution in [0.4, 0.5) is 0 Å². The number of nitrogens with one attached hydrogen (secondary N) is 1. The number of hydrogen-bond acceptors (Lipinski definition) is 4. The van der Waals surface area contributed by atoms with Crippen LogP contribution in [0.15, 0.2) is 28.9 Å². The van der Waals surface area contributed by atoms with Gasteiger partial charge in [0.15, 0.2) is 0 Å². The summed E-state index contributed by atoms with van der Waals surface area (Å²) in [5.74, 6) is 5.83. The van der Waals surface area contributed by atoms with Crippen LogP contribution in [0, 0.1) is 13.8 Å². The van der Waals surface area contributed by atoms with Gasteiger partial charge in [0.1, 0.15) is 0 Å². The Morgan fingerprint density at radius 2 is 2.19 bits per heavy atom. The molecule has 21 heavy (non-hydrogen) atoms. The molecule has 1 heterocycles. The molecule has 0 radical (unpaired) electrons. The van der Waals surface area contributed by atoms with E-state index >= 15 is 0 Å². The lowest BCUT2D eigenvalue weighted by atomic mass is 9.97. The first-order valence-electron chi connectivity index (χ1n) is 6.82. The van der Waals surface area contributed by atoms with Crippen LogP contribution in [0.1, 0.15) is 28.4 Å². The number of ether oxygens (including phenoxy) is 1. The minimum absolute atomic E-state index is 0.126. The quantitative estimate of drug-likeness (QED) is 0.619. The zero-order valence-corrected chi connectivity index (χ0v) is 14.1. The lowest BCUT2D eigenvalue weighted by Gasteiger charge is -2.21. The van der Waals surface area contributed by atoms with E-state index in [1.54, 1.807) is 13.3 Å². The van der Waals surface area contributed by atoms with Gasteiger partial charge in [0.2, 0.25) is 0 Å². The molecule has 2 rings (SSSR count). The van der Waals surface area contributed by atoms with Crippen LogP contribution < -0.4 is 11.3 Å². The number of nitrogens with zero attached hydrogens (tertiary/aromatic N) is 2. The first-order chi connectivity index (χ1) is 10.1. The molecule has 1 aromatic heterocycles. The van der Waals surface area contributed by atoms with Crippen LogP contribution in [-0.4, -0.2) is 23.5 Å². The Morgan fingerprint density at radius 3 is 2.81 bits per heavy atom. The number of hydrazine groups is 1. The normalized spacial score (nSPS) is 12.6. The van der Waals surface area contributed by atoms with Gasteiger partial charge in [-0.25, -0.2) is 5.43 Å². The second-order valence-electron chi connectivity index (χ2n) is 5.05. The second-order valence-corrected chi connectivity index (χ2v) is 5.91. The Labute approximate surface area is 133 Å². The highest BCUT2D eigenvalue weighted by molar-refractivity contribution is 9.10. The van der Waals surface area contributed by atoms with Crippen molar-refractivity contribution in [2.45, 2.75) is 26.4 Å². The van der Waals surface area contributed by atoms with E-state index in [1.165, 1.54) is 11.1 Å². The predicted molar refractivity (Wildman–Crippen MR) is 86.9 cm³/mol. The van der Waals surface area contributed by atoms with Crippen molar-refractivity contribution in [2.24, 2.45) is 5.84 Å². The van der Waals surface area contributed by atoms with Crippen LogP contribution >= 0.6 is 15.9 Å². The molecule has 0 saturated heterocycles. The standard InChI is InChI=1S/C15H21BrN4O/c1-10-4-5-12(11(2)8-10)14(19-17)15-13(16)9-18-20(15)6-7-21-3/h4-5,8-9,14,19H,6-7,17H2,1-3H3. The summed E-state index contributed by atoms with van der Waals surface area (Å²) in [5, 5.41) is 4.39. The Morgan fingerprint density at radius 1 is 1.43 bits per heavy atom. The highest BCUT2D eigenvalue weighted by atomic mass is 79.9. The van der Waals surface area contributed by atoms with Crippen molar-refractivity contribution in [1.82, 2.24) is 15.2 Å². The van der Waals surface area contributed by atoms with Gasteiger partial charge < -0.3 is 4.74 Å². The molecule has 0 fully saturated rings. The van der Waals surface area contributed by atoms with Gasteiger partial charge in [-0.3, -0.25) is 10.5 Å². The first kappa shape index (κ1) is 16.2. The number of aromatic nitrogens is 2. The highest BCUT2D eigenvalue weighted by Crippen LogP contribution is 2.30. The molecule has 0 aliphatic carbocycles. The summed E-state index contributed by atoms with van der Waals surface area (Å²) in [7, 11) is 1.68. The lowest BCUT2D eigenvalue weighted by Crippen LogP contribution is -2.32. The molecule has 1 atom stereocenters. The maximum Gasteiger partial charge on any atom is 0.0892 e. The zero-order valence-electron chi connectivity index (χ0n) is 12.6. The molecule has 0 spiro atoms. The molecule has 0 saturated carbocycles. The summed E-state index contributed by atoms with van der Waals surface area (Å²) in [5.41, 5.74) is 7.48. The number of halogens is 1. The van der Waals surface area contributed by atoms with Crippen LogP contribution in [0.5, 0.6) is 0 Å². The van der Waals surface area contributed by atoms with Gasteiger partial charge in [-0.15, -0.1) is 0 Å². The Bertz CT molecular complexity index is 612. The monoisotopic (exact) mass is 352 g/mol. The van der Waals surface area contributed by atoms with E-state index in [1.807, 2.05) is 4.68 Å². The fourth-order valence-electron chi connectivity index (χ4n) is 2.48. The van der Waals surface area contributed by atoms with E-state index in [4.69, 9.17) is 10.6 Å². The number of hydrogen-bond donors (Lipinski definition) is 2. The fraction of sp³-hybridized carbons (Fsp3) is 0.400. The van der Waals surface area contributed by atoms with Gasteiger partial charge >= 0.3 is 0 Å². The average Bonchev–Trinajstić information content (AvgIpc) is 2.81. The summed E-state index contributed by atoms with van der Waals surface area (Å²) in [4.78, 5) is 0. The Hall–Kier alpha value is -1.21. The van der Waals surface area contributed by atoms with Gasteiger partial charge in [0.05, 0.1) is 35.6 Å². The summed E-state index contributed by atoms with van der Waals surface area (Å²) in [6.45, 7) is 5.46. The van der Waals surface area contributed by atoms with Crippen molar-refractivity contribution in [3.63, 3.8) is 0 Å². The van der Waals surface area contributed by atoms with Crippen LogP contribution in [-0.2, 0) is 11.3 Å². The van der Waals surface area contributed by atoms with Gasteiger partial charge in [-0.2, -0.15) is 5.10 Å². The van der Waals surface area contributed by atoms with Gasteiger partial charge in [0, 0.05) is 7.11 Å². The summed E-state index contributed by atoms with van der Waals surface area (Å²) < 4.78 is 7.99. The topological polar surface area (TPSA) is 65.1 Å². The number of aryl methyl sites for hydroxylation is 2. The second kappa shape index (κ2) is 7.17. The van der Waals surface area contributed by atoms with Crippen LogP contribution in [0.25, 0.3) is 0 Å². The van der Waals surface area contributed by atoms with Crippen LogP contribution in [0.3, 0.4) is 0 Å². The predicted octanol–water partition coefficient (Wildman–Crippen LogP) is 2.46. The van der Waals surface area contributed by atoms with Gasteiger partial charge in [0.25, 0.3) is 0 Å². The molecule has 6 heteroatoms. The molecule has 0 aliphatic heterocycles. The number of rotatable bonds is 6. The third kappa shape index (κ3) is 3.52. The molecule has 1 unspecified atom stereocenters. The smallest absolute Gasteiger partial charge is 0.0892 e. The summed E-state index contributed by atoms with van der Waals surface area (Å²) >= 11 is 3.57. The molecule has 1 aromatic carbocycles. The van der Waals surface area contributed by atoms with Crippen molar-refractivity contribution >= 4 is 15.9 Å². The third-order valence-electron chi connectivity index (χ3n) is 3.52. The van der Waals surface area contributed by atoms with Crippen molar-refractivity contribution in [1.29, 1.82) is 0 Å². The van der Waals surface area contributed by atoms with E-state index in [0.717, 1.165) is 15.7 Å². The highest BCUT2D eigenvalue weighted by Gasteiger charge is 2.22. The minimum Gasteiger partial charge on any atom is -0.383 e. The molecular formula is C15H21BrN4O. The average molecular weight is 353 g/mol. The Kier molecular flexibility index (Phi) is 5.52. The third-order valence-corrected chi connectivity index (χ3v) is 4.13. The number of nitrogens with two attached hydrogens (primary N) is 1. The van der Waals surface area contributed by atoms with Crippen molar-refractivity contribution < 1.29 is 4.74 Å². The maximum absolute atomic E-state index is 5.83.